The number of nitrogens with one attached hydrogen (secondary N) is 1. The first-order valence-corrected chi connectivity index (χ1v) is 6.96. The van der Waals surface area contributed by atoms with E-state index in [4.69, 9.17) is 15.2 Å². The van der Waals surface area contributed by atoms with E-state index < -0.39 is 0 Å². The van der Waals surface area contributed by atoms with Crippen LogP contribution in [0.25, 0.3) is 0 Å². The summed E-state index contributed by atoms with van der Waals surface area (Å²) in [5.74, 6) is 0.662. The Kier molecular flexibility index (Phi) is 4.84. The van der Waals surface area contributed by atoms with Gasteiger partial charge < -0.3 is 20.5 Å². The molecule has 1 aromatic rings. The van der Waals surface area contributed by atoms with Crippen LogP contribution in [0.2, 0.25) is 0 Å². The van der Waals surface area contributed by atoms with Crippen molar-refractivity contribution in [3.8, 4) is 5.75 Å². The van der Waals surface area contributed by atoms with Crippen LogP contribution < -0.4 is 15.8 Å². The second-order valence-corrected chi connectivity index (χ2v) is 5.35. The molecule has 20 heavy (non-hydrogen) atoms. The monoisotopic (exact) mass is 278 g/mol. The molecule has 0 spiro atoms. The number of hydrogen-bond acceptors (Lipinski definition) is 4. The van der Waals surface area contributed by atoms with Gasteiger partial charge in [-0.1, -0.05) is 6.07 Å². The molecule has 1 unspecified atom stereocenters. The van der Waals surface area contributed by atoms with Crippen LogP contribution >= 0.6 is 0 Å². The highest BCUT2D eigenvalue weighted by Crippen LogP contribution is 2.23. The van der Waals surface area contributed by atoms with Crippen LogP contribution in [0, 0.1) is 0 Å². The zero-order valence-corrected chi connectivity index (χ0v) is 11.9. The summed E-state index contributed by atoms with van der Waals surface area (Å²) in [5, 5.41) is 2.89. The van der Waals surface area contributed by atoms with Gasteiger partial charge in [0.15, 0.2) is 0 Å². The fourth-order valence-corrected chi connectivity index (χ4v) is 2.22. The normalized spacial score (nSPS) is 21.6. The summed E-state index contributed by atoms with van der Waals surface area (Å²) in [6.45, 7) is 3.71. The van der Waals surface area contributed by atoms with Crippen molar-refractivity contribution in [2.75, 3.05) is 25.5 Å². The number of hydrogen-bond donors (Lipinski definition) is 2. The fraction of sp³-hybridized carbons (Fsp3) is 0.533. The Balaban J connectivity index is 1.65. The first kappa shape index (κ1) is 14.7. The molecule has 1 amide bonds. The number of carbonyl (C=O) groups excluding carboxylic acids is 1. The molecule has 1 atom stereocenters. The smallest absolute Gasteiger partial charge is 0.223 e. The Morgan fingerprint density at radius 3 is 3.10 bits per heavy atom. The van der Waals surface area contributed by atoms with Gasteiger partial charge in [0, 0.05) is 24.9 Å². The van der Waals surface area contributed by atoms with Gasteiger partial charge >= 0.3 is 0 Å². The summed E-state index contributed by atoms with van der Waals surface area (Å²) in [6.07, 6.45) is 2.38. The van der Waals surface area contributed by atoms with Crippen molar-refractivity contribution in [3.05, 3.63) is 24.3 Å². The molecule has 0 radical (unpaired) electrons. The fourth-order valence-electron chi connectivity index (χ4n) is 2.22. The summed E-state index contributed by atoms with van der Waals surface area (Å²) in [7, 11) is 0. The molecule has 1 aromatic carbocycles. The van der Waals surface area contributed by atoms with Crippen molar-refractivity contribution < 1.29 is 14.3 Å². The minimum Gasteiger partial charge on any atom is -0.493 e. The van der Waals surface area contributed by atoms with Crippen molar-refractivity contribution in [3.63, 3.8) is 0 Å². The molecule has 110 valence electrons. The molecule has 1 saturated heterocycles. The van der Waals surface area contributed by atoms with E-state index in [0.29, 0.717) is 31.0 Å². The quantitative estimate of drug-likeness (QED) is 0.777. The van der Waals surface area contributed by atoms with Gasteiger partial charge in [0.1, 0.15) is 5.75 Å². The summed E-state index contributed by atoms with van der Waals surface area (Å²) in [5.41, 5.74) is 6.10. The van der Waals surface area contributed by atoms with Gasteiger partial charge in [-0.25, -0.2) is 0 Å². The number of nitrogen functional groups attached to an aromatic ring is 1. The largest absolute Gasteiger partial charge is 0.493 e. The first-order valence-electron chi connectivity index (χ1n) is 6.96. The number of nitrogens with two attached hydrogens (primary N) is 1. The second kappa shape index (κ2) is 6.61. The molecule has 0 aliphatic carbocycles. The predicted octanol–water partition coefficient (Wildman–Crippen LogP) is 1.72. The molecule has 1 aliphatic rings. The van der Waals surface area contributed by atoms with Gasteiger partial charge in [-0.15, -0.1) is 0 Å². The number of ether oxygens (including phenoxy) is 2. The van der Waals surface area contributed by atoms with E-state index >= 15 is 0 Å². The topological polar surface area (TPSA) is 73.6 Å². The lowest BCUT2D eigenvalue weighted by atomic mass is 10.0. The SMILES string of the molecule is CC1(CNC(=O)CCOc2cccc(N)c2)CCCO1. The molecule has 3 N–H and O–H groups in total. The Morgan fingerprint density at radius 2 is 2.40 bits per heavy atom. The Bertz CT molecular complexity index is 456. The molecule has 1 heterocycles. The molecule has 0 aromatic heterocycles. The van der Waals surface area contributed by atoms with E-state index in [2.05, 4.69) is 5.32 Å². The molecule has 1 fully saturated rings. The number of benzene rings is 1. The lowest BCUT2D eigenvalue weighted by Crippen LogP contribution is -2.40. The maximum Gasteiger partial charge on any atom is 0.223 e. The van der Waals surface area contributed by atoms with Gasteiger partial charge in [-0.3, -0.25) is 4.79 Å². The lowest BCUT2D eigenvalue weighted by Gasteiger charge is -2.23. The highest BCUT2D eigenvalue weighted by atomic mass is 16.5. The minimum atomic E-state index is -0.204. The average Bonchev–Trinajstić information content (AvgIpc) is 2.84. The van der Waals surface area contributed by atoms with Crippen molar-refractivity contribution >= 4 is 11.6 Å². The Labute approximate surface area is 119 Å². The molecule has 5 nitrogen and oxygen atoms in total. The van der Waals surface area contributed by atoms with E-state index in [1.54, 1.807) is 12.1 Å². The van der Waals surface area contributed by atoms with Crippen molar-refractivity contribution in [1.82, 2.24) is 5.32 Å². The third kappa shape index (κ3) is 4.42. The third-order valence-electron chi connectivity index (χ3n) is 3.42. The van der Waals surface area contributed by atoms with Crippen LogP contribution in [0.1, 0.15) is 26.2 Å². The van der Waals surface area contributed by atoms with E-state index in [0.717, 1.165) is 19.4 Å². The minimum absolute atomic E-state index is 0.0226. The first-order chi connectivity index (χ1) is 9.57. The standard InChI is InChI=1S/C15H22N2O3/c1-15(7-3-8-20-15)11-17-14(18)6-9-19-13-5-2-4-12(16)10-13/h2,4-5,10H,3,6-9,11,16H2,1H3,(H,17,18). The maximum atomic E-state index is 11.7. The molecular formula is C15H22N2O3. The van der Waals surface area contributed by atoms with Gasteiger partial charge in [-0.05, 0) is 31.9 Å². The molecule has 0 bridgehead atoms. The summed E-state index contributed by atoms with van der Waals surface area (Å²) >= 11 is 0. The number of carbonyl (C=O) groups is 1. The zero-order chi connectivity index (χ0) is 14.4. The van der Waals surface area contributed by atoms with Crippen molar-refractivity contribution in [1.29, 1.82) is 0 Å². The van der Waals surface area contributed by atoms with E-state index in [1.807, 2.05) is 19.1 Å². The lowest BCUT2D eigenvalue weighted by molar-refractivity contribution is -0.122. The van der Waals surface area contributed by atoms with Crippen LogP contribution in [0.3, 0.4) is 0 Å². The number of amides is 1. The molecule has 5 heteroatoms. The maximum absolute atomic E-state index is 11.7. The number of rotatable bonds is 6. The Hall–Kier alpha value is -1.75. The Morgan fingerprint density at radius 1 is 1.55 bits per heavy atom. The van der Waals surface area contributed by atoms with E-state index in [-0.39, 0.29) is 11.5 Å². The average molecular weight is 278 g/mol. The summed E-state index contributed by atoms with van der Waals surface area (Å²) in [4.78, 5) is 11.7. The molecule has 2 rings (SSSR count). The van der Waals surface area contributed by atoms with E-state index in [9.17, 15) is 4.79 Å². The number of anilines is 1. The molecular weight excluding hydrogens is 256 g/mol. The van der Waals surface area contributed by atoms with Crippen LogP contribution in [0.5, 0.6) is 5.75 Å². The molecule has 1 aliphatic heterocycles. The van der Waals surface area contributed by atoms with Crippen molar-refractivity contribution in [2.24, 2.45) is 0 Å². The predicted molar refractivity (Wildman–Crippen MR) is 77.6 cm³/mol. The summed E-state index contributed by atoms with van der Waals surface area (Å²) < 4.78 is 11.1. The van der Waals surface area contributed by atoms with E-state index in [1.165, 1.54) is 0 Å². The van der Waals surface area contributed by atoms with Gasteiger partial charge in [0.05, 0.1) is 18.6 Å². The summed E-state index contributed by atoms with van der Waals surface area (Å²) in [6, 6.07) is 7.18. The van der Waals surface area contributed by atoms with Gasteiger partial charge in [-0.2, -0.15) is 0 Å². The van der Waals surface area contributed by atoms with Gasteiger partial charge in [0.2, 0.25) is 5.91 Å². The molecule has 0 saturated carbocycles. The highest BCUT2D eigenvalue weighted by Gasteiger charge is 2.29. The van der Waals surface area contributed by atoms with Crippen LogP contribution in [0.15, 0.2) is 24.3 Å². The zero-order valence-electron chi connectivity index (χ0n) is 11.9. The van der Waals surface area contributed by atoms with Crippen molar-refractivity contribution in [2.45, 2.75) is 31.8 Å². The van der Waals surface area contributed by atoms with Crippen LogP contribution in [-0.4, -0.2) is 31.3 Å². The van der Waals surface area contributed by atoms with Gasteiger partial charge in [0.25, 0.3) is 0 Å². The van der Waals surface area contributed by atoms with Crippen LogP contribution in [-0.2, 0) is 9.53 Å². The second-order valence-electron chi connectivity index (χ2n) is 5.35. The van der Waals surface area contributed by atoms with Crippen LogP contribution in [0.4, 0.5) is 5.69 Å². The highest BCUT2D eigenvalue weighted by molar-refractivity contribution is 5.76. The third-order valence-corrected chi connectivity index (χ3v) is 3.42.